The first kappa shape index (κ1) is 10.0. The van der Waals surface area contributed by atoms with Crippen LogP contribution in [0.25, 0.3) is 0 Å². The van der Waals surface area contributed by atoms with E-state index < -0.39 is 0 Å². The van der Waals surface area contributed by atoms with E-state index in [-0.39, 0.29) is 5.41 Å². The van der Waals surface area contributed by atoms with Crippen LogP contribution in [0, 0.1) is 23.7 Å². The third-order valence-corrected chi connectivity index (χ3v) is 2.64. The smallest absolute Gasteiger partial charge is 0.121 e. The molecule has 0 saturated carbocycles. The molecule has 1 N–H and O–H groups in total. The molecule has 1 fully saturated rings. The second-order valence-corrected chi connectivity index (χ2v) is 4.11. The maximum Gasteiger partial charge on any atom is 0.121 e. The van der Waals surface area contributed by atoms with Gasteiger partial charge >= 0.3 is 0 Å². The van der Waals surface area contributed by atoms with Gasteiger partial charge in [-0.25, -0.2) is 0 Å². The first-order valence-corrected chi connectivity index (χ1v) is 5.04. The van der Waals surface area contributed by atoms with Gasteiger partial charge < -0.3 is 10.1 Å². The highest BCUT2D eigenvalue weighted by Crippen LogP contribution is 2.26. The zero-order valence-electron chi connectivity index (χ0n) is 8.79. The van der Waals surface area contributed by atoms with Crippen LogP contribution in [0.1, 0.15) is 5.56 Å². The Bertz CT molecular complexity index is 391. The van der Waals surface area contributed by atoms with Crippen LogP contribution in [-0.4, -0.2) is 19.8 Å². The zero-order valence-corrected chi connectivity index (χ0v) is 8.79. The maximum absolute atomic E-state index is 9.00. The van der Waals surface area contributed by atoms with Crippen molar-refractivity contribution in [2.45, 2.75) is 6.92 Å². The van der Waals surface area contributed by atoms with Crippen molar-refractivity contribution in [3.8, 4) is 6.07 Å². The average molecular weight is 202 g/mol. The average Bonchev–Trinajstić information content (AvgIpc) is 2.17. The Morgan fingerprint density at radius 1 is 1.53 bits per heavy atom. The fourth-order valence-electron chi connectivity index (χ4n) is 1.58. The van der Waals surface area contributed by atoms with Gasteiger partial charge in [0.15, 0.2) is 0 Å². The molecule has 0 atom stereocenters. The third kappa shape index (κ3) is 2.11. The number of nitrogens with one attached hydrogen (secondary N) is 1. The van der Waals surface area contributed by atoms with Crippen LogP contribution in [0.2, 0.25) is 0 Å². The Labute approximate surface area is 89.7 Å². The number of rotatable bonds is 3. The summed E-state index contributed by atoms with van der Waals surface area (Å²) in [5.74, 6) is 0. The number of hydrogen-bond acceptors (Lipinski definition) is 3. The molecule has 3 heteroatoms. The fourth-order valence-corrected chi connectivity index (χ4v) is 1.58. The van der Waals surface area contributed by atoms with Crippen molar-refractivity contribution in [1.29, 1.82) is 5.26 Å². The Balaban J connectivity index is 1.96. The topological polar surface area (TPSA) is 45.0 Å². The summed E-state index contributed by atoms with van der Waals surface area (Å²) in [5, 5.41) is 12.3. The quantitative estimate of drug-likeness (QED) is 0.814. The van der Waals surface area contributed by atoms with E-state index in [9.17, 15) is 0 Å². The van der Waals surface area contributed by atoms with Gasteiger partial charge in [-0.15, -0.1) is 0 Å². The van der Waals surface area contributed by atoms with Crippen molar-refractivity contribution in [2.75, 3.05) is 25.1 Å². The lowest BCUT2D eigenvalue weighted by atomic mass is 9.88. The normalized spacial score (nSPS) is 17.6. The van der Waals surface area contributed by atoms with Crippen LogP contribution in [0.3, 0.4) is 0 Å². The minimum atomic E-state index is -0.316. The summed E-state index contributed by atoms with van der Waals surface area (Å²) in [6.07, 6.45) is 0. The largest absolute Gasteiger partial charge is 0.383 e. The third-order valence-electron chi connectivity index (χ3n) is 2.64. The summed E-state index contributed by atoms with van der Waals surface area (Å²) >= 11 is 0. The van der Waals surface area contributed by atoms with Gasteiger partial charge in [0, 0.05) is 12.2 Å². The molecule has 0 bridgehead atoms. The number of anilines is 1. The summed E-state index contributed by atoms with van der Waals surface area (Å²) in [6, 6.07) is 10.5. The van der Waals surface area contributed by atoms with Crippen molar-refractivity contribution in [1.82, 2.24) is 0 Å². The molecule has 0 aliphatic carbocycles. The first-order chi connectivity index (χ1) is 7.24. The predicted octanol–water partition coefficient (Wildman–Crippen LogP) is 1.95. The lowest BCUT2D eigenvalue weighted by Crippen LogP contribution is -2.46. The van der Waals surface area contributed by atoms with Gasteiger partial charge in [0.1, 0.15) is 5.41 Å². The number of aryl methyl sites for hydroxylation is 1. The summed E-state index contributed by atoms with van der Waals surface area (Å²) in [5.41, 5.74) is 1.97. The highest BCUT2D eigenvalue weighted by molar-refractivity contribution is 5.46. The molecule has 0 amide bonds. The van der Waals surface area contributed by atoms with Crippen LogP contribution >= 0.6 is 0 Å². The van der Waals surface area contributed by atoms with Crippen molar-refractivity contribution in [3.63, 3.8) is 0 Å². The Morgan fingerprint density at radius 2 is 2.33 bits per heavy atom. The van der Waals surface area contributed by atoms with E-state index in [0.717, 1.165) is 5.69 Å². The van der Waals surface area contributed by atoms with Crippen LogP contribution in [0.4, 0.5) is 5.69 Å². The number of ether oxygens (including phenoxy) is 1. The molecular weight excluding hydrogens is 188 g/mol. The number of hydrogen-bond donors (Lipinski definition) is 1. The molecule has 1 aromatic carbocycles. The van der Waals surface area contributed by atoms with E-state index in [0.29, 0.717) is 19.8 Å². The van der Waals surface area contributed by atoms with E-state index in [1.807, 2.05) is 12.1 Å². The zero-order chi connectivity index (χ0) is 10.7. The molecule has 1 aromatic rings. The van der Waals surface area contributed by atoms with E-state index in [1.54, 1.807) is 0 Å². The molecule has 3 nitrogen and oxygen atoms in total. The number of nitriles is 1. The number of nitrogens with zero attached hydrogens (tertiary/aromatic N) is 1. The molecule has 15 heavy (non-hydrogen) atoms. The van der Waals surface area contributed by atoms with E-state index in [4.69, 9.17) is 10.00 Å². The predicted molar refractivity (Wildman–Crippen MR) is 58.5 cm³/mol. The number of benzene rings is 1. The molecule has 1 saturated heterocycles. The summed E-state index contributed by atoms with van der Waals surface area (Å²) in [7, 11) is 0. The Hall–Kier alpha value is -1.53. The molecule has 1 aliphatic rings. The molecule has 2 rings (SSSR count). The molecule has 0 unspecified atom stereocenters. The Kier molecular flexibility index (Phi) is 2.61. The van der Waals surface area contributed by atoms with E-state index in [1.165, 1.54) is 5.56 Å². The molecular formula is C12H14N2O. The van der Waals surface area contributed by atoms with Gasteiger partial charge in [-0.2, -0.15) is 5.26 Å². The van der Waals surface area contributed by atoms with Gasteiger partial charge in [0.05, 0.1) is 19.3 Å². The second-order valence-electron chi connectivity index (χ2n) is 4.11. The molecule has 0 aromatic heterocycles. The Morgan fingerprint density at radius 3 is 2.87 bits per heavy atom. The lowest BCUT2D eigenvalue weighted by Gasteiger charge is -2.35. The van der Waals surface area contributed by atoms with Gasteiger partial charge in [0.25, 0.3) is 0 Å². The van der Waals surface area contributed by atoms with Crippen LogP contribution < -0.4 is 5.32 Å². The minimum Gasteiger partial charge on any atom is -0.383 e. The molecule has 0 spiro atoms. The van der Waals surface area contributed by atoms with Crippen molar-refractivity contribution < 1.29 is 4.74 Å². The van der Waals surface area contributed by atoms with Gasteiger partial charge in [-0.3, -0.25) is 0 Å². The van der Waals surface area contributed by atoms with Crippen molar-refractivity contribution in [2.24, 2.45) is 5.41 Å². The van der Waals surface area contributed by atoms with Crippen molar-refractivity contribution >= 4 is 5.69 Å². The van der Waals surface area contributed by atoms with E-state index >= 15 is 0 Å². The van der Waals surface area contributed by atoms with Crippen LogP contribution in [0.5, 0.6) is 0 Å². The molecule has 0 radical (unpaired) electrons. The van der Waals surface area contributed by atoms with Gasteiger partial charge in [0.2, 0.25) is 0 Å². The molecule has 1 heterocycles. The highest BCUT2D eigenvalue weighted by Gasteiger charge is 2.38. The first-order valence-electron chi connectivity index (χ1n) is 5.04. The van der Waals surface area contributed by atoms with Crippen LogP contribution in [-0.2, 0) is 4.74 Å². The summed E-state index contributed by atoms with van der Waals surface area (Å²) in [4.78, 5) is 0. The SMILES string of the molecule is Cc1cccc(NCC2(C#N)COC2)c1. The molecule has 1 aliphatic heterocycles. The summed E-state index contributed by atoms with van der Waals surface area (Å²) in [6.45, 7) is 3.80. The maximum atomic E-state index is 9.00. The fraction of sp³-hybridized carbons (Fsp3) is 0.417. The molecule has 78 valence electrons. The van der Waals surface area contributed by atoms with Crippen molar-refractivity contribution in [3.05, 3.63) is 29.8 Å². The van der Waals surface area contributed by atoms with Crippen LogP contribution in [0.15, 0.2) is 24.3 Å². The minimum absolute atomic E-state index is 0.316. The second kappa shape index (κ2) is 3.92. The van der Waals surface area contributed by atoms with Gasteiger partial charge in [-0.1, -0.05) is 12.1 Å². The monoisotopic (exact) mass is 202 g/mol. The standard InChI is InChI=1S/C12H14N2O/c1-10-3-2-4-11(5-10)14-7-12(6-13)8-15-9-12/h2-5,14H,7-9H2,1H3. The lowest BCUT2D eigenvalue weighted by molar-refractivity contribution is -0.0690. The van der Waals surface area contributed by atoms with Gasteiger partial charge in [-0.05, 0) is 24.6 Å². The highest BCUT2D eigenvalue weighted by atomic mass is 16.5. The van der Waals surface area contributed by atoms with E-state index in [2.05, 4.69) is 30.4 Å². The summed E-state index contributed by atoms with van der Waals surface area (Å²) < 4.78 is 5.08.